The first-order valence-electron chi connectivity index (χ1n) is 6.79. The summed E-state index contributed by atoms with van der Waals surface area (Å²) in [7, 11) is 3.50. The van der Waals surface area contributed by atoms with Crippen LogP contribution in [0.25, 0.3) is 0 Å². The van der Waals surface area contributed by atoms with E-state index in [-0.39, 0.29) is 5.56 Å². The molecule has 0 spiro atoms. The van der Waals surface area contributed by atoms with Crippen molar-refractivity contribution in [1.82, 2.24) is 9.55 Å². The van der Waals surface area contributed by atoms with Crippen molar-refractivity contribution < 1.29 is 4.79 Å². The van der Waals surface area contributed by atoms with Gasteiger partial charge in [0.1, 0.15) is 17.8 Å². The Bertz CT molecular complexity index is 605. The highest BCUT2D eigenvalue weighted by atomic mass is 16.2. The van der Waals surface area contributed by atoms with Crippen LogP contribution in [0, 0.1) is 0 Å². The lowest BCUT2D eigenvalue weighted by atomic mass is 10.2. The van der Waals surface area contributed by atoms with E-state index in [1.807, 2.05) is 16.8 Å². The summed E-state index contributed by atoms with van der Waals surface area (Å²) in [6, 6.07) is 0. The summed E-state index contributed by atoms with van der Waals surface area (Å²) in [5.74, 6) is 0.677. The monoisotopic (exact) mass is 280 g/mol. The van der Waals surface area contributed by atoms with Crippen molar-refractivity contribution in [1.29, 1.82) is 0 Å². The van der Waals surface area contributed by atoms with E-state index in [0.717, 1.165) is 32.1 Å². The van der Waals surface area contributed by atoms with Crippen molar-refractivity contribution in [2.75, 3.05) is 30.1 Å². The fourth-order valence-corrected chi connectivity index (χ4v) is 2.58. The van der Waals surface area contributed by atoms with E-state index < -0.39 is 5.69 Å². The fourth-order valence-electron chi connectivity index (χ4n) is 2.58. The van der Waals surface area contributed by atoms with Crippen molar-refractivity contribution >= 4 is 17.8 Å². The summed E-state index contributed by atoms with van der Waals surface area (Å²) in [4.78, 5) is 40.0. The predicted octanol–water partition coefficient (Wildman–Crippen LogP) is 0.0466. The second kappa shape index (κ2) is 5.94. The van der Waals surface area contributed by atoms with E-state index in [1.54, 1.807) is 7.05 Å². The second-order valence-electron chi connectivity index (χ2n) is 5.11. The van der Waals surface area contributed by atoms with Gasteiger partial charge >= 0.3 is 5.69 Å². The average molecular weight is 280 g/mol. The first kappa shape index (κ1) is 14.4. The molecule has 7 heteroatoms. The summed E-state index contributed by atoms with van der Waals surface area (Å²) in [6.07, 6.45) is 4.30. The summed E-state index contributed by atoms with van der Waals surface area (Å²) in [5.41, 5.74) is -0.191. The van der Waals surface area contributed by atoms with Gasteiger partial charge in [-0.2, -0.15) is 0 Å². The minimum absolute atomic E-state index is 0.339. The lowest BCUT2D eigenvalue weighted by molar-refractivity contribution is -0.107. The molecule has 0 fully saturated rings. The van der Waals surface area contributed by atoms with Crippen LogP contribution in [0.4, 0.5) is 11.5 Å². The van der Waals surface area contributed by atoms with Gasteiger partial charge in [0.25, 0.3) is 5.56 Å². The molecule has 0 bridgehead atoms. The maximum atomic E-state index is 11.9. The molecule has 0 saturated carbocycles. The number of carbonyl (C=O) groups is 1. The summed E-state index contributed by atoms with van der Waals surface area (Å²) in [5, 5.41) is 0. The number of aldehydes is 1. The normalized spacial score (nSPS) is 13.7. The third-order valence-corrected chi connectivity index (χ3v) is 3.58. The Hall–Kier alpha value is -2.05. The lowest BCUT2D eigenvalue weighted by Crippen LogP contribution is -2.32. The number of anilines is 2. The Balaban J connectivity index is 2.15. The summed E-state index contributed by atoms with van der Waals surface area (Å²) < 4.78 is 1.48. The van der Waals surface area contributed by atoms with Gasteiger partial charge in [-0.3, -0.25) is 14.3 Å². The molecule has 1 aromatic rings. The van der Waals surface area contributed by atoms with Crippen LogP contribution >= 0.6 is 0 Å². The van der Waals surface area contributed by atoms with Crippen LogP contribution in [0.5, 0.6) is 0 Å². The molecule has 0 unspecified atom stereocenters. The molecule has 110 valence electrons. The Morgan fingerprint density at radius 1 is 1.20 bits per heavy atom. The van der Waals surface area contributed by atoms with E-state index >= 15 is 0 Å². The number of fused-ring (bicyclic) bond motifs is 1. The van der Waals surface area contributed by atoms with Crippen LogP contribution in [0.15, 0.2) is 9.59 Å². The molecule has 1 aliphatic rings. The molecule has 1 N–H and O–H groups in total. The molecule has 2 rings (SSSR count). The zero-order valence-corrected chi connectivity index (χ0v) is 11.9. The van der Waals surface area contributed by atoms with Gasteiger partial charge in [0, 0.05) is 27.1 Å². The lowest BCUT2D eigenvalue weighted by Gasteiger charge is -2.20. The number of aromatic amines is 1. The van der Waals surface area contributed by atoms with Gasteiger partial charge in [0.15, 0.2) is 0 Å². The van der Waals surface area contributed by atoms with Gasteiger partial charge in [-0.1, -0.05) is 6.42 Å². The number of H-pyrrole nitrogens is 1. The van der Waals surface area contributed by atoms with Gasteiger partial charge < -0.3 is 14.6 Å². The van der Waals surface area contributed by atoms with E-state index in [0.29, 0.717) is 24.6 Å². The third kappa shape index (κ3) is 2.61. The first-order valence-corrected chi connectivity index (χ1v) is 6.79. The average Bonchev–Trinajstić information content (AvgIpc) is 2.73. The third-order valence-electron chi connectivity index (χ3n) is 3.58. The van der Waals surface area contributed by atoms with Crippen molar-refractivity contribution in [3.63, 3.8) is 0 Å². The quantitative estimate of drug-likeness (QED) is 0.588. The molecule has 7 nitrogen and oxygen atoms in total. The molecule has 0 aliphatic carbocycles. The van der Waals surface area contributed by atoms with Crippen molar-refractivity contribution in [3.8, 4) is 0 Å². The number of nitrogens with zero attached hydrogens (tertiary/aromatic N) is 3. The zero-order valence-electron chi connectivity index (χ0n) is 11.9. The number of rotatable bonds is 6. The largest absolute Gasteiger partial charge is 0.349 e. The minimum Gasteiger partial charge on any atom is -0.349 e. The smallest absolute Gasteiger partial charge is 0.329 e. The number of carbonyl (C=O) groups excluding carboxylic acids is 1. The molecule has 0 aromatic carbocycles. The number of nitrogens with one attached hydrogen (secondary N) is 1. The van der Waals surface area contributed by atoms with Crippen LogP contribution in [0.2, 0.25) is 0 Å². The standard InChI is InChI=1S/C13H20N4O3/c1-15-9-17(7-5-3-4-6-8-18)12-10(15)11(19)14-13(20)16(12)2/h8H,3-7,9H2,1-2H3,(H,14,19,20). The number of aromatic nitrogens is 2. The van der Waals surface area contributed by atoms with Crippen molar-refractivity contribution in [2.24, 2.45) is 7.05 Å². The Kier molecular flexibility index (Phi) is 4.26. The molecule has 20 heavy (non-hydrogen) atoms. The fraction of sp³-hybridized carbons (Fsp3) is 0.615. The molecule has 1 aromatic heterocycles. The molecular formula is C13H20N4O3. The highest BCUT2D eigenvalue weighted by Crippen LogP contribution is 2.29. The maximum absolute atomic E-state index is 11.9. The van der Waals surface area contributed by atoms with Gasteiger partial charge in [0.2, 0.25) is 0 Å². The van der Waals surface area contributed by atoms with E-state index in [4.69, 9.17) is 0 Å². The van der Waals surface area contributed by atoms with Crippen LogP contribution in [0.1, 0.15) is 25.7 Å². The SMILES string of the molecule is CN1CN(CCCCCC=O)c2c1c(=O)[nH]c(=O)n2C. The number of unbranched alkanes of at least 4 members (excludes halogenated alkanes) is 3. The van der Waals surface area contributed by atoms with Gasteiger partial charge in [-0.05, 0) is 12.8 Å². The molecule has 2 heterocycles. The van der Waals surface area contributed by atoms with Crippen LogP contribution < -0.4 is 21.0 Å². The highest BCUT2D eigenvalue weighted by Gasteiger charge is 2.28. The molecule has 0 atom stereocenters. The van der Waals surface area contributed by atoms with Gasteiger partial charge in [0.05, 0.1) is 6.67 Å². The predicted molar refractivity (Wildman–Crippen MR) is 77.5 cm³/mol. The number of hydrogen-bond donors (Lipinski definition) is 1. The van der Waals surface area contributed by atoms with Gasteiger partial charge in [-0.15, -0.1) is 0 Å². The molecule has 0 radical (unpaired) electrons. The van der Waals surface area contributed by atoms with Crippen LogP contribution in [0.3, 0.4) is 0 Å². The van der Waals surface area contributed by atoms with Crippen LogP contribution in [-0.2, 0) is 11.8 Å². The Morgan fingerprint density at radius 3 is 2.65 bits per heavy atom. The second-order valence-corrected chi connectivity index (χ2v) is 5.11. The van der Waals surface area contributed by atoms with Gasteiger partial charge in [-0.25, -0.2) is 4.79 Å². The zero-order chi connectivity index (χ0) is 14.7. The maximum Gasteiger partial charge on any atom is 0.329 e. The molecular weight excluding hydrogens is 260 g/mol. The van der Waals surface area contributed by atoms with E-state index in [9.17, 15) is 14.4 Å². The van der Waals surface area contributed by atoms with Crippen molar-refractivity contribution in [2.45, 2.75) is 25.7 Å². The highest BCUT2D eigenvalue weighted by molar-refractivity contribution is 5.71. The minimum atomic E-state index is -0.394. The molecule has 0 saturated heterocycles. The Labute approximate surface area is 116 Å². The van der Waals surface area contributed by atoms with Crippen LogP contribution in [-0.4, -0.2) is 36.1 Å². The Morgan fingerprint density at radius 2 is 1.95 bits per heavy atom. The summed E-state index contributed by atoms with van der Waals surface area (Å²) in [6.45, 7) is 1.37. The molecule has 1 aliphatic heterocycles. The molecule has 0 amide bonds. The first-order chi connectivity index (χ1) is 9.56. The van der Waals surface area contributed by atoms with Crippen molar-refractivity contribution in [3.05, 3.63) is 20.8 Å². The topological polar surface area (TPSA) is 78.4 Å². The van der Waals surface area contributed by atoms with E-state index in [1.165, 1.54) is 4.57 Å². The summed E-state index contributed by atoms with van der Waals surface area (Å²) >= 11 is 0. The van der Waals surface area contributed by atoms with E-state index in [2.05, 4.69) is 4.98 Å². The number of hydrogen-bond acceptors (Lipinski definition) is 5.